The van der Waals surface area contributed by atoms with E-state index in [1.54, 1.807) is 0 Å². The van der Waals surface area contributed by atoms with Gasteiger partial charge < -0.3 is 10.0 Å². The molecule has 0 bridgehead atoms. The fraction of sp³-hybridized carbons (Fsp3) is 0.438. The highest BCUT2D eigenvalue weighted by molar-refractivity contribution is 7.99. The van der Waals surface area contributed by atoms with Crippen molar-refractivity contribution in [3.05, 3.63) is 35.4 Å². The van der Waals surface area contributed by atoms with Crippen molar-refractivity contribution in [1.82, 2.24) is 4.90 Å². The number of aliphatic hydroxyl groups is 1. The molecule has 1 aromatic carbocycles. The average Bonchev–Trinajstić information content (AvgIpc) is 3.01. The van der Waals surface area contributed by atoms with Crippen molar-refractivity contribution in [3.63, 3.8) is 0 Å². The molecule has 4 heteroatoms. The van der Waals surface area contributed by atoms with Gasteiger partial charge in [0.05, 0.1) is 12.2 Å². The molecule has 0 saturated carbocycles. The molecule has 1 fully saturated rings. The van der Waals surface area contributed by atoms with Crippen molar-refractivity contribution < 1.29 is 9.90 Å². The molecule has 0 aliphatic carbocycles. The fourth-order valence-corrected chi connectivity index (χ4v) is 3.44. The van der Waals surface area contributed by atoms with Crippen LogP contribution in [0.25, 0.3) is 0 Å². The van der Waals surface area contributed by atoms with E-state index >= 15 is 0 Å². The monoisotopic (exact) mass is 289 g/mol. The molecule has 1 aliphatic rings. The van der Waals surface area contributed by atoms with Crippen molar-refractivity contribution in [2.75, 3.05) is 25.2 Å². The molecule has 0 spiro atoms. The number of benzene rings is 1. The zero-order valence-electron chi connectivity index (χ0n) is 11.6. The second kappa shape index (κ2) is 7.37. The van der Waals surface area contributed by atoms with E-state index in [9.17, 15) is 4.79 Å². The smallest absolute Gasteiger partial charge is 0.255 e. The molecular formula is C16H19NO2S. The first kappa shape index (κ1) is 15.0. The molecule has 1 amide bonds. The molecule has 1 unspecified atom stereocenters. The van der Waals surface area contributed by atoms with Crippen molar-refractivity contribution >= 4 is 17.7 Å². The Kier molecular flexibility index (Phi) is 5.51. The number of hydrogen-bond donors (Lipinski definition) is 1. The zero-order chi connectivity index (χ0) is 14.4. The Balaban J connectivity index is 2.19. The number of nitrogens with zero attached hydrogens (tertiary/aromatic N) is 1. The van der Waals surface area contributed by atoms with E-state index in [1.807, 2.05) is 48.0 Å². The minimum Gasteiger partial charge on any atom is -0.395 e. The summed E-state index contributed by atoms with van der Waals surface area (Å²) < 4.78 is 0. The molecule has 3 nitrogen and oxygen atoms in total. The summed E-state index contributed by atoms with van der Waals surface area (Å²) in [7, 11) is 1.87. The summed E-state index contributed by atoms with van der Waals surface area (Å²) in [4.78, 5) is 14.4. The SMILES string of the molecule is CN(C(=O)c1ccccc1C#CCCO)C1CCSC1. The Bertz CT molecular complexity index is 527. The van der Waals surface area contributed by atoms with Crippen molar-refractivity contribution in [3.8, 4) is 11.8 Å². The number of thioether (sulfide) groups is 1. The maximum Gasteiger partial charge on any atom is 0.255 e. The van der Waals surface area contributed by atoms with E-state index in [-0.39, 0.29) is 12.5 Å². The summed E-state index contributed by atoms with van der Waals surface area (Å²) >= 11 is 1.89. The van der Waals surface area contributed by atoms with E-state index in [4.69, 9.17) is 5.11 Å². The molecule has 1 atom stereocenters. The van der Waals surface area contributed by atoms with Crippen LogP contribution >= 0.6 is 11.8 Å². The van der Waals surface area contributed by atoms with Crippen LogP contribution in [0.3, 0.4) is 0 Å². The molecule has 1 aliphatic heterocycles. The predicted molar refractivity (Wildman–Crippen MR) is 82.8 cm³/mol. The second-order valence-electron chi connectivity index (χ2n) is 4.75. The Morgan fingerprint density at radius 1 is 1.50 bits per heavy atom. The number of amides is 1. The van der Waals surface area contributed by atoms with E-state index < -0.39 is 0 Å². The quantitative estimate of drug-likeness (QED) is 0.865. The zero-order valence-corrected chi connectivity index (χ0v) is 12.4. The molecule has 2 rings (SSSR count). The van der Waals surface area contributed by atoms with Gasteiger partial charge in [-0.2, -0.15) is 11.8 Å². The first-order valence-electron chi connectivity index (χ1n) is 6.77. The van der Waals surface area contributed by atoms with Gasteiger partial charge in [-0.1, -0.05) is 24.0 Å². The van der Waals surface area contributed by atoms with Gasteiger partial charge in [0.15, 0.2) is 0 Å². The lowest BCUT2D eigenvalue weighted by atomic mass is 10.1. The van der Waals surface area contributed by atoms with E-state index in [1.165, 1.54) is 0 Å². The van der Waals surface area contributed by atoms with Gasteiger partial charge in [-0.3, -0.25) is 4.79 Å². The van der Waals surface area contributed by atoms with Crippen molar-refractivity contribution in [2.24, 2.45) is 0 Å². The van der Waals surface area contributed by atoms with Gasteiger partial charge in [-0.25, -0.2) is 0 Å². The predicted octanol–water partition coefficient (Wildman–Crippen LogP) is 2.00. The average molecular weight is 289 g/mol. The summed E-state index contributed by atoms with van der Waals surface area (Å²) in [5, 5.41) is 8.77. The van der Waals surface area contributed by atoms with E-state index in [2.05, 4.69) is 11.8 Å². The molecule has 106 valence electrons. The minimum atomic E-state index is 0.0337. The maximum atomic E-state index is 12.6. The van der Waals surface area contributed by atoms with Crippen LogP contribution < -0.4 is 0 Å². The van der Waals surface area contributed by atoms with Gasteiger partial charge in [-0.05, 0) is 24.3 Å². The molecule has 0 aromatic heterocycles. The van der Waals surface area contributed by atoms with Crippen LogP contribution in [0.1, 0.15) is 28.8 Å². The Morgan fingerprint density at radius 2 is 2.30 bits per heavy atom. The number of aliphatic hydroxyl groups excluding tert-OH is 1. The van der Waals surface area contributed by atoms with Gasteiger partial charge in [0.1, 0.15) is 0 Å². The first-order chi connectivity index (χ1) is 9.74. The van der Waals surface area contributed by atoms with Crippen molar-refractivity contribution in [2.45, 2.75) is 18.9 Å². The maximum absolute atomic E-state index is 12.6. The second-order valence-corrected chi connectivity index (χ2v) is 5.90. The van der Waals surface area contributed by atoms with Gasteiger partial charge in [0.25, 0.3) is 5.91 Å². The summed E-state index contributed by atoms with van der Waals surface area (Å²) in [6, 6.07) is 7.75. The van der Waals surface area contributed by atoms with Crippen LogP contribution in [0.2, 0.25) is 0 Å². The lowest BCUT2D eigenvalue weighted by Gasteiger charge is -2.24. The van der Waals surface area contributed by atoms with E-state index in [0.717, 1.165) is 23.5 Å². The van der Waals surface area contributed by atoms with Crippen molar-refractivity contribution in [1.29, 1.82) is 0 Å². The summed E-state index contributed by atoms with van der Waals surface area (Å²) in [5.74, 6) is 8.03. The summed E-state index contributed by atoms with van der Waals surface area (Å²) in [6.45, 7) is 0.0440. The number of carbonyl (C=O) groups is 1. The third-order valence-electron chi connectivity index (χ3n) is 3.39. The highest BCUT2D eigenvalue weighted by Crippen LogP contribution is 2.23. The largest absolute Gasteiger partial charge is 0.395 e. The Hall–Kier alpha value is -1.44. The lowest BCUT2D eigenvalue weighted by Crippen LogP contribution is -2.37. The van der Waals surface area contributed by atoms with Gasteiger partial charge in [0.2, 0.25) is 0 Å². The van der Waals surface area contributed by atoms with Crippen LogP contribution in [0, 0.1) is 11.8 Å². The molecule has 1 N–H and O–H groups in total. The van der Waals surface area contributed by atoms with Crippen LogP contribution in [0.15, 0.2) is 24.3 Å². The minimum absolute atomic E-state index is 0.0337. The Labute approximate surface area is 124 Å². The molecule has 1 saturated heterocycles. The third kappa shape index (κ3) is 3.56. The molecular weight excluding hydrogens is 270 g/mol. The summed E-state index contributed by atoms with van der Waals surface area (Å²) in [6.07, 6.45) is 1.49. The molecule has 20 heavy (non-hydrogen) atoms. The number of hydrogen-bond acceptors (Lipinski definition) is 3. The lowest BCUT2D eigenvalue weighted by molar-refractivity contribution is 0.0747. The molecule has 1 heterocycles. The van der Waals surface area contributed by atoms with Crippen LogP contribution in [0.5, 0.6) is 0 Å². The Morgan fingerprint density at radius 3 is 3.00 bits per heavy atom. The highest BCUT2D eigenvalue weighted by Gasteiger charge is 2.25. The van der Waals surface area contributed by atoms with Gasteiger partial charge in [0, 0.05) is 30.8 Å². The molecule has 0 radical (unpaired) electrons. The summed E-state index contributed by atoms with van der Waals surface area (Å²) in [5.41, 5.74) is 1.39. The van der Waals surface area contributed by atoms with Crippen LogP contribution in [0.4, 0.5) is 0 Å². The standard InChI is InChI=1S/C16H19NO2S/c1-17(14-9-11-20-12-14)16(19)15-8-3-2-6-13(15)7-4-5-10-18/h2-3,6,8,14,18H,5,9-12H2,1H3. The van der Waals surface area contributed by atoms with Crippen LogP contribution in [-0.2, 0) is 0 Å². The topological polar surface area (TPSA) is 40.5 Å². The van der Waals surface area contributed by atoms with E-state index in [0.29, 0.717) is 18.0 Å². The first-order valence-corrected chi connectivity index (χ1v) is 7.93. The van der Waals surface area contributed by atoms with Gasteiger partial charge >= 0.3 is 0 Å². The third-order valence-corrected chi connectivity index (χ3v) is 4.54. The highest BCUT2D eigenvalue weighted by atomic mass is 32.2. The fourth-order valence-electron chi connectivity index (χ4n) is 2.18. The molecule has 1 aromatic rings. The normalized spacial score (nSPS) is 17.4. The van der Waals surface area contributed by atoms with Gasteiger partial charge in [-0.15, -0.1) is 0 Å². The van der Waals surface area contributed by atoms with Crippen LogP contribution in [-0.4, -0.2) is 47.1 Å². The number of rotatable bonds is 3. The number of carbonyl (C=O) groups excluding carboxylic acids is 1.